The van der Waals surface area contributed by atoms with Crippen molar-refractivity contribution in [3.8, 4) is 0 Å². The molecule has 0 N–H and O–H groups in total. The molecule has 0 bridgehead atoms. The second kappa shape index (κ2) is 3.48. The van der Waals surface area contributed by atoms with E-state index < -0.39 is 0 Å². The number of para-hydroxylation sites is 1. The summed E-state index contributed by atoms with van der Waals surface area (Å²) in [5.41, 5.74) is 2.55. The smallest absolute Gasteiger partial charge is 0.280 e. The third kappa shape index (κ3) is 1.31. The Morgan fingerprint density at radius 2 is 2.25 bits per heavy atom. The van der Waals surface area contributed by atoms with Crippen molar-refractivity contribution >= 4 is 11.6 Å². The van der Waals surface area contributed by atoms with Crippen molar-refractivity contribution in [3.63, 3.8) is 0 Å². The fourth-order valence-corrected chi connectivity index (χ4v) is 2.01. The summed E-state index contributed by atoms with van der Waals surface area (Å²) in [5, 5.41) is 0. The summed E-state index contributed by atoms with van der Waals surface area (Å²) in [4.78, 5) is 17.7. The highest BCUT2D eigenvalue weighted by atomic mass is 16.3. The first-order chi connectivity index (χ1) is 7.86. The Bertz CT molecular complexity index is 520. The lowest BCUT2D eigenvalue weighted by Crippen LogP contribution is -2.29. The molecule has 2 heterocycles. The van der Waals surface area contributed by atoms with Crippen LogP contribution in [0.5, 0.6) is 0 Å². The molecule has 80 valence electrons. The van der Waals surface area contributed by atoms with Crippen LogP contribution in [0.3, 0.4) is 0 Å². The Morgan fingerprint density at radius 3 is 3.06 bits per heavy atom. The lowest BCUT2D eigenvalue weighted by atomic mass is 10.2. The zero-order valence-electron chi connectivity index (χ0n) is 8.59. The predicted octanol–water partition coefficient (Wildman–Crippen LogP) is 1.88. The van der Waals surface area contributed by atoms with Crippen molar-refractivity contribution in [2.45, 2.75) is 6.42 Å². The van der Waals surface area contributed by atoms with Gasteiger partial charge in [-0.15, -0.1) is 0 Å². The fraction of sp³-hybridized carbons (Fsp3) is 0.167. The van der Waals surface area contributed by atoms with Crippen LogP contribution in [0, 0.1) is 0 Å². The zero-order valence-corrected chi connectivity index (χ0v) is 8.59. The molecule has 0 radical (unpaired) electrons. The maximum absolute atomic E-state index is 12.1. The number of amides is 1. The summed E-state index contributed by atoms with van der Waals surface area (Å²) < 4.78 is 4.82. The van der Waals surface area contributed by atoms with Gasteiger partial charge in [-0.25, -0.2) is 4.98 Å². The number of carbonyl (C=O) groups excluding carboxylic acids is 1. The van der Waals surface area contributed by atoms with E-state index in [0.717, 1.165) is 12.1 Å². The molecule has 0 spiro atoms. The summed E-state index contributed by atoms with van der Waals surface area (Å²) in [6.45, 7) is 0.713. The van der Waals surface area contributed by atoms with Gasteiger partial charge in [-0.3, -0.25) is 4.79 Å². The summed E-state index contributed by atoms with van der Waals surface area (Å²) in [7, 11) is 0. The summed E-state index contributed by atoms with van der Waals surface area (Å²) >= 11 is 0. The van der Waals surface area contributed by atoms with E-state index >= 15 is 0 Å². The fourth-order valence-electron chi connectivity index (χ4n) is 2.01. The van der Waals surface area contributed by atoms with Gasteiger partial charge in [-0.1, -0.05) is 18.2 Å². The predicted molar refractivity (Wildman–Crippen MR) is 58.3 cm³/mol. The van der Waals surface area contributed by atoms with E-state index in [1.54, 1.807) is 4.90 Å². The minimum absolute atomic E-state index is 0.0984. The van der Waals surface area contributed by atoms with Crippen molar-refractivity contribution in [1.82, 2.24) is 4.98 Å². The average molecular weight is 214 g/mol. The van der Waals surface area contributed by atoms with E-state index in [9.17, 15) is 4.79 Å². The summed E-state index contributed by atoms with van der Waals surface area (Å²) in [6.07, 6.45) is 3.55. The van der Waals surface area contributed by atoms with Gasteiger partial charge in [0, 0.05) is 12.2 Å². The van der Waals surface area contributed by atoms with Crippen molar-refractivity contribution in [1.29, 1.82) is 0 Å². The molecule has 3 rings (SSSR count). The molecule has 0 fully saturated rings. The highest BCUT2D eigenvalue weighted by Crippen LogP contribution is 2.28. The van der Waals surface area contributed by atoms with E-state index in [1.165, 1.54) is 18.2 Å². The average Bonchev–Trinajstić information content (AvgIpc) is 2.98. The molecule has 0 saturated carbocycles. The van der Waals surface area contributed by atoms with Crippen molar-refractivity contribution in [2.24, 2.45) is 0 Å². The third-order valence-electron chi connectivity index (χ3n) is 2.78. The van der Waals surface area contributed by atoms with Gasteiger partial charge in [0.05, 0.1) is 0 Å². The second-order valence-electron chi connectivity index (χ2n) is 3.71. The second-order valence-corrected chi connectivity index (χ2v) is 3.71. The van der Waals surface area contributed by atoms with Crippen molar-refractivity contribution in [3.05, 3.63) is 48.2 Å². The summed E-state index contributed by atoms with van der Waals surface area (Å²) in [6, 6.07) is 7.93. The molecule has 0 unspecified atom stereocenters. The molecule has 4 heteroatoms. The Hall–Kier alpha value is -2.10. The van der Waals surface area contributed by atoms with Crippen molar-refractivity contribution < 1.29 is 9.21 Å². The van der Waals surface area contributed by atoms with Gasteiger partial charge in [0.25, 0.3) is 5.91 Å². The van der Waals surface area contributed by atoms with Crippen LogP contribution in [-0.2, 0) is 6.42 Å². The molecular formula is C12H10N2O2. The number of fused-ring (bicyclic) bond motifs is 1. The molecule has 4 nitrogen and oxygen atoms in total. The van der Waals surface area contributed by atoms with E-state index in [-0.39, 0.29) is 5.91 Å². The Morgan fingerprint density at radius 1 is 1.38 bits per heavy atom. The molecule has 0 atom stereocenters. The largest absolute Gasteiger partial charge is 0.451 e. The number of hydrogen-bond acceptors (Lipinski definition) is 3. The van der Waals surface area contributed by atoms with E-state index in [2.05, 4.69) is 4.98 Å². The third-order valence-corrected chi connectivity index (χ3v) is 2.78. The normalized spacial score (nSPS) is 13.9. The number of rotatable bonds is 1. The topological polar surface area (TPSA) is 46.3 Å². The molecule has 1 aromatic heterocycles. The van der Waals surface area contributed by atoms with E-state index in [0.29, 0.717) is 12.2 Å². The quantitative estimate of drug-likeness (QED) is 0.728. The van der Waals surface area contributed by atoms with Crippen LogP contribution < -0.4 is 4.90 Å². The molecule has 1 aliphatic rings. The van der Waals surface area contributed by atoms with Gasteiger partial charge < -0.3 is 9.32 Å². The van der Waals surface area contributed by atoms with Gasteiger partial charge in [-0.05, 0) is 18.1 Å². The molecular weight excluding hydrogens is 204 g/mol. The van der Waals surface area contributed by atoms with Crippen LogP contribution >= 0.6 is 0 Å². The van der Waals surface area contributed by atoms with Crippen molar-refractivity contribution in [2.75, 3.05) is 11.4 Å². The number of oxazole rings is 1. The standard InChI is InChI=1S/C12H10N2O2/c15-12(10-7-16-8-13-10)14-6-5-9-3-1-2-4-11(9)14/h1-4,7-8H,5-6H2. The van der Waals surface area contributed by atoms with Gasteiger partial charge in [0.2, 0.25) is 0 Å². The molecule has 0 aliphatic carbocycles. The minimum Gasteiger partial charge on any atom is -0.451 e. The molecule has 2 aromatic rings. The zero-order chi connectivity index (χ0) is 11.0. The first kappa shape index (κ1) is 9.15. The number of anilines is 1. The SMILES string of the molecule is O=C(c1cocn1)N1CCc2ccccc21. The summed E-state index contributed by atoms with van der Waals surface area (Å²) in [5.74, 6) is -0.0984. The van der Waals surface area contributed by atoms with Gasteiger partial charge in [0.15, 0.2) is 12.1 Å². The Balaban J connectivity index is 1.96. The van der Waals surface area contributed by atoms with Crippen LogP contribution in [0.15, 0.2) is 41.3 Å². The lowest BCUT2D eigenvalue weighted by Gasteiger charge is -2.15. The minimum atomic E-state index is -0.0984. The maximum atomic E-state index is 12.1. The molecule has 1 aliphatic heterocycles. The first-order valence-corrected chi connectivity index (χ1v) is 5.14. The number of carbonyl (C=O) groups is 1. The van der Waals surface area contributed by atoms with Crippen LogP contribution in [-0.4, -0.2) is 17.4 Å². The maximum Gasteiger partial charge on any atom is 0.280 e. The number of hydrogen-bond donors (Lipinski definition) is 0. The molecule has 1 amide bonds. The van der Waals surface area contributed by atoms with E-state index in [1.807, 2.05) is 24.3 Å². The van der Waals surface area contributed by atoms with E-state index in [4.69, 9.17) is 4.42 Å². The van der Waals surface area contributed by atoms with Crippen LogP contribution in [0.4, 0.5) is 5.69 Å². The number of aromatic nitrogens is 1. The molecule has 0 saturated heterocycles. The highest BCUT2D eigenvalue weighted by Gasteiger charge is 2.26. The van der Waals surface area contributed by atoms with Crippen LogP contribution in [0.1, 0.15) is 16.1 Å². The van der Waals surface area contributed by atoms with Crippen LogP contribution in [0.25, 0.3) is 0 Å². The highest BCUT2D eigenvalue weighted by molar-refractivity contribution is 6.05. The van der Waals surface area contributed by atoms with Gasteiger partial charge in [-0.2, -0.15) is 0 Å². The Labute approximate surface area is 92.5 Å². The molecule has 16 heavy (non-hydrogen) atoms. The number of nitrogens with zero attached hydrogens (tertiary/aromatic N) is 2. The monoisotopic (exact) mass is 214 g/mol. The Kier molecular flexibility index (Phi) is 1.99. The number of benzene rings is 1. The lowest BCUT2D eigenvalue weighted by molar-refractivity contribution is 0.0984. The molecule has 1 aromatic carbocycles. The van der Waals surface area contributed by atoms with Gasteiger partial charge >= 0.3 is 0 Å². The first-order valence-electron chi connectivity index (χ1n) is 5.14. The van der Waals surface area contributed by atoms with Crippen LogP contribution in [0.2, 0.25) is 0 Å². The van der Waals surface area contributed by atoms with Gasteiger partial charge in [0.1, 0.15) is 6.26 Å².